The second-order valence-electron chi connectivity index (χ2n) is 4.23. The number of halogens is 2. The standard InChI is InChI=1S/C13H18F2S2/c1-3-13(4-2,8-16)9-17-10-5-6-11(14)12(15)7-10/h5-7,16H,3-4,8-9H2,1-2H3. The predicted octanol–water partition coefficient (Wildman–Crippen LogP) is 4.79. The van der Waals surface area contributed by atoms with Crippen molar-refractivity contribution in [1.82, 2.24) is 0 Å². The first-order valence-corrected chi connectivity index (χ1v) is 7.37. The molecule has 0 N–H and O–H groups in total. The molecule has 0 aliphatic heterocycles. The molecule has 0 aliphatic rings. The molecule has 0 heterocycles. The largest absolute Gasteiger partial charge is 0.204 e. The Morgan fingerprint density at radius 1 is 1.18 bits per heavy atom. The number of hydrogen-bond donors (Lipinski definition) is 1. The van der Waals surface area contributed by atoms with E-state index in [2.05, 4.69) is 26.5 Å². The third kappa shape index (κ3) is 3.88. The van der Waals surface area contributed by atoms with Crippen molar-refractivity contribution in [3.05, 3.63) is 29.8 Å². The van der Waals surface area contributed by atoms with Crippen LogP contribution in [0.3, 0.4) is 0 Å². The fourth-order valence-corrected chi connectivity index (χ4v) is 3.57. The van der Waals surface area contributed by atoms with Gasteiger partial charge in [-0.25, -0.2) is 8.78 Å². The van der Waals surface area contributed by atoms with Crippen LogP contribution in [0.15, 0.2) is 23.1 Å². The summed E-state index contributed by atoms with van der Waals surface area (Å²) in [6.07, 6.45) is 2.09. The zero-order chi connectivity index (χ0) is 12.9. The van der Waals surface area contributed by atoms with E-state index in [9.17, 15) is 8.78 Å². The molecular formula is C13H18F2S2. The van der Waals surface area contributed by atoms with E-state index in [0.29, 0.717) is 0 Å². The molecule has 1 aromatic rings. The van der Waals surface area contributed by atoms with Crippen molar-refractivity contribution < 1.29 is 8.78 Å². The smallest absolute Gasteiger partial charge is 0.159 e. The average molecular weight is 276 g/mol. The molecule has 96 valence electrons. The van der Waals surface area contributed by atoms with E-state index < -0.39 is 11.6 Å². The van der Waals surface area contributed by atoms with E-state index in [1.54, 1.807) is 17.8 Å². The molecule has 0 radical (unpaired) electrons. The Bertz CT molecular complexity index is 354. The third-order valence-electron chi connectivity index (χ3n) is 3.27. The first-order valence-electron chi connectivity index (χ1n) is 5.75. The second-order valence-corrected chi connectivity index (χ2v) is 5.59. The summed E-state index contributed by atoms with van der Waals surface area (Å²) in [5, 5.41) is 0. The van der Waals surface area contributed by atoms with Gasteiger partial charge in [-0.05, 0) is 42.2 Å². The Morgan fingerprint density at radius 3 is 2.29 bits per heavy atom. The van der Waals surface area contributed by atoms with Crippen molar-refractivity contribution in [2.75, 3.05) is 11.5 Å². The van der Waals surface area contributed by atoms with Crippen molar-refractivity contribution in [3.8, 4) is 0 Å². The third-order valence-corrected chi connectivity index (χ3v) is 5.29. The first-order chi connectivity index (χ1) is 8.06. The van der Waals surface area contributed by atoms with Gasteiger partial charge in [0.2, 0.25) is 0 Å². The van der Waals surface area contributed by atoms with Gasteiger partial charge in [0, 0.05) is 10.6 Å². The van der Waals surface area contributed by atoms with Crippen LogP contribution in [0.4, 0.5) is 8.78 Å². The minimum absolute atomic E-state index is 0.179. The van der Waals surface area contributed by atoms with Gasteiger partial charge in [-0.2, -0.15) is 12.6 Å². The van der Waals surface area contributed by atoms with Crippen LogP contribution in [0.5, 0.6) is 0 Å². The van der Waals surface area contributed by atoms with E-state index in [0.717, 1.165) is 29.2 Å². The lowest BCUT2D eigenvalue weighted by molar-refractivity contribution is 0.357. The van der Waals surface area contributed by atoms with Crippen molar-refractivity contribution in [2.24, 2.45) is 5.41 Å². The van der Waals surface area contributed by atoms with E-state index in [4.69, 9.17) is 0 Å². The molecular weight excluding hydrogens is 258 g/mol. The highest BCUT2D eigenvalue weighted by atomic mass is 32.2. The van der Waals surface area contributed by atoms with Gasteiger partial charge in [0.1, 0.15) is 0 Å². The normalized spacial score (nSPS) is 11.8. The highest BCUT2D eigenvalue weighted by Crippen LogP contribution is 2.35. The van der Waals surface area contributed by atoms with Crippen molar-refractivity contribution >= 4 is 24.4 Å². The molecule has 0 nitrogen and oxygen atoms in total. The summed E-state index contributed by atoms with van der Waals surface area (Å²) in [5.41, 5.74) is 0.179. The minimum Gasteiger partial charge on any atom is -0.204 e. The van der Waals surface area contributed by atoms with Gasteiger partial charge in [-0.1, -0.05) is 13.8 Å². The lowest BCUT2D eigenvalue weighted by atomic mass is 9.87. The Balaban J connectivity index is 2.68. The fourth-order valence-electron chi connectivity index (χ4n) is 1.53. The summed E-state index contributed by atoms with van der Waals surface area (Å²) in [7, 11) is 0. The Kier molecular flexibility index (Phi) is 5.80. The van der Waals surface area contributed by atoms with Gasteiger partial charge >= 0.3 is 0 Å². The summed E-state index contributed by atoms with van der Waals surface area (Å²) in [6.45, 7) is 4.29. The Morgan fingerprint density at radius 2 is 1.82 bits per heavy atom. The van der Waals surface area contributed by atoms with Gasteiger partial charge in [-0.15, -0.1) is 11.8 Å². The van der Waals surface area contributed by atoms with Crippen LogP contribution < -0.4 is 0 Å². The first kappa shape index (κ1) is 14.8. The van der Waals surface area contributed by atoms with Crippen LogP contribution in [-0.2, 0) is 0 Å². The quantitative estimate of drug-likeness (QED) is 0.575. The molecule has 0 atom stereocenters. The van der Waals surface area contributed by atoms with Crippen LogP contribution >= 0.6 is 24.4 Å². The fraction of sp³-hybridized carbons (Fsp3) is 0.538. The van der Waals surface area contributed by atoms with Gasteiger partial charge in [-0.3, -0.25) is 0 Å². The highest BCUT2D eigenvalue weighted by Gasteiger charge is 2.24. The summed E-state index contributed by atoms with van der Waals surface area (Å²) < 4.78 is 25.8. The number of benzene rings is 1. The van der Waals surface area contributed by atoms with E-state index in [1.807, 2.05) is 0 Å². The van der Waals surface area contributed by atoms with Gasteiger partial charge in [0.15, 0.2) is 11.6 Å². The summed E-state index contributed by atoms with van der Waals surface area (Å²) in [6, 6.07) is 4.06. The average Bonchev–Trinajstić information content (AvgIpc) is 2.36. The summed E-state index contributed by atoms with van der Waals surface area (Å²) >= 11 is 5.97. The van der Waals surface area contributed by atoms with E-state index in [1.165, 1.54) is 12.1 Å². The molecule has 1 rings (SSSR count). The van der Waals surface area contributed by atoms with Crippen molar-refractivity contribution in [2.45, 2.75) is 31.6 Å². The topological polar surface area (TPSA) is 0 Å². The molecule has 0 spiro atoms. The molecule has 1 aromatic carbocycles. The van der Waals surface area contributed by atoms with Gasteiger partial charge < -0.3 is 0 Å². The van der Waals surface area contributed by atoms with Crippen molar-refractivity contribution in [3.63, 3.8) is 0 Å². The van der Waals surface area contributed by atoms with Crippen LogP contribution in [-0.4, -0.2) is 11.5 Å². The molecule has 17 heavy (non-hydrogen) atoms. The van der Waals surface area contributed by atoms with E-state index in [-0.39, 0.29) is 5.41 Å². The van der Waals surface area contributed by atoms with Crippen LogP contribution in [0.1, 0.15) is 26.7 Å². The molecule has 0 aromatic heterocycles. The van der Waals surface area contributed by atoms with Gasteiger partial charge in [0.05, 0.1) is 0 Å². The molecule has 0 bridgehead atoms. The molecule has 0 aliphatic carbocycles. The zero-order valence-electron chi connectivity index (χ0n) is 10.2. The molecule has 0 fully saturated rings. The van der Waals surface area contributed by atoms with Crippen molar-refractivity contribution in [1.29, 1.82) is 0 Å². The van der Waals surface area contributed by atoms with Crippen LogP contribution in [0, 0.1) is 17.0 Å². The van der Waals surface area contributed by atoms with Gasteiger partial charge in [0.25, 0.3) is 0 Å². The maximum Gasteiger partial charge on any atom is 0.159 e. The highest BCUT2D eigenvalue weighted by molar-refractivity contribution is 7.99. The number of thioether (sulfide) groups is 1. The Hall–Kier alpha value is -0.220. The second kappa shape index (κ2) is 6.64. The lowest BCUT2D eigenvalue weighted by Crippen LogP contribution is -2.24. The molecule has 4 heteroatoms. The number of thiol groups is 1. The molecule has 0 unspecified atom stereocenters. The number of rotatable bonds is 6. The molecule has 0 saturated heterocycles. The minimum atomic E-state index is -0.791. The molecule has 0 saturated carbocycles. The van der Waals surface area contributed by atoms with Crippen LogP contribution in [0.25, 0.3) is 0 Å². The molecule has 0 amide bonds. The van der Waals surface area contributed by atoms with Crippen LogP contribution in [0.2, 0.25) is 0 Å². The lowest BCUT2D eigenvalue weighted by Gasteiger charge is -2.29. The summed E-state index contributed by atoms with van der Waals surface area (Å²) in [4.78, 5) is 0.775. The van der Waals surface area contributed by atoms with E-state index >= 15 is 0 Å². The monoisotopic (exact) mass is 276 g/mol. The maximum absolute atomic E-state index is 13.0. The Labute approximate surface area is 112 Å². The SMILES string of the molecule is CCC(CC)(CS)CSc1ccc(F)c(F)c1. The summed E-state index contributed by atoms with van der Waals surface area (Å²) in [5.74, 6) is 0.130. The predicted molar refractivity (Wildman–Crippen MR) is 74.0 cm³/mol. The zero-order valence-corrected chi connectivity index (χ0v) is 11.9. The number of hydrogen-bond acceptors (Lipinski definition) is 2. The maximum atomic E-state index is 13.0.